The van der Waals surface area contributed by atoms with Crippen molar-refractivity contribution < 1.29 is 0 Å². The Morgan fingerprint density at radius 1 is 0.769 bits per heavy atom. The Labute approximate surface area is 153 Å². The van der Waals surface area contributed by atoms with Gasteiger partial charge in [-0.1, -0.05) is 30.3 Å². The second kappa shape index (κ2) is 7.07. The van der Waals surface area contributed by atoms with Crippen LogP contribution in [0.2, 0.25) is 0 Å². The van der Waals surface area contributed by atoms with Crippen LogP contribution in [-0.2, 0) is 0 Å². The van der Waals surface area contributed by atoms with E-state index in [1.807, 2.05) is 38.1 Å². The van der Waals surface area contributed by atoms with Crippen LogP contribution in [0, 0.1) is 13.8 Å². The minimum atomic E-state index is 0.829. The molecule has 0 amide bonds. The van der Waals surface area contributed by atoms with E-state index in [2.05, 4.69) is 47.9 Å². The first-order valence-corrected chi connectivity index (χ1v) is 8.89. The molecule has 0 unspecified atom stereocenters. The normalized spacial score (nSPS) is 14.5. The predicted octanol–water partition coefficient (Wildman–Crippen LogP) is 2.88. The van der Waals surface area contributed by atoms with Gasteiger partial charge in [0.15, 0.2) is 0 Å². The summed E-state index contributed by atoms with van der Waals surface area (Å²) in [7, 11) is 0. The van der Waals surface area contributed by atoms with Gasteiger partial charge in [0.05, 0.1) is 5.69 Å². The number of anilines is 2. The fourth-order valence-electron chi connectivity index (χ4n) is 3.27. The Morgan fingerprint density at radius 3 is 2.12 bits per heavy atom. The smallest absolute Gasteiger partial charge is 0.225 e. The zero-order chi connectivity index (χ0) is 17.9. The molecular weight excluding hydrogens is 324 g/mol. The number of hydrogen-bond acceptors (Lipinski definition) is 6. The van der Waals surface area contributed by atoms with Gasteiger partial charge in [0, 0.05) is 49.2 Å². The molecule has 132 valence electrons. The van der Waals surface area contributed by atoms with Crippen molar-refractivity contribution in [1.82, 2.24) is 19.9 Å². The number of benzene rings is 1. The SMILES string of the molecule is Cc1cc(C)nc(N2CCN(c3cc(-c4ccccc4)ncn3)CC2)n1. The van der Waals surface area contributed by atoms with E-state index < -0.39 is 0 Å². The van der Waals surface area contributed by atoms with Crippen molar-refractivity contribution in [2.75, 3.05) is 36.0 Å². The highest BCUT2D eigenvalue weighted by molar-refractivity contribution is 5.62. The molecule has 1 fully saturated rings. The van der Waals surface area contributed by atoms with Gasteiger partial charge in [-0.3, -0.25) is 0 Å². The summed E-state index contributed by atoms with van der Waals surface area (Å²) < 4.78 is 0. The standard InChI is InChI=1S/C20H22N6/c1-15-12-16(2)24-20(23-15)26-10-8-25(9-11-26)19-13-18(21-14-22-19)17-6-4-3-5-7-17/h3-7,12-14H,8-11H2,1-2H3. The third-order valence-corrected chi connectivity index (χ3v) is 4.58. The van der Waals surface area contributed by atoms with Crippen molar-refractivity contribution in [3.63, 3.8) is 0 Å². The summed E-state index contributed by atoms with van der Waals surface area (Å²) in [6, 6.07) is 14.3. The van der Waals surface area contributed by atoms with E-state index in [4.69, 9.17) is 0 Å². The number of hydrogen-bond donors (Lipinski definition) is 0. The van der Waals surface area contributed by atoms with Crippen LogP contribution < -0.4 is 9.80 Å². The van der Waals surface area contributed by atoms with Crippen LogP contribution in [0.15, 0.2) is 48.8 Å². The molecule has 0 aliphatic carbocycles. The van der Waals surface area contributed by atoms with Crippen LogP contribution in [0.25, 0.3) is 11.3 Å². The lowest BCUT2D eigenvalue weighted by molar-refractivity contribution is 0.632. The number of nitrogens with zero attached hydrogens (tertiary/aromatic N) is 6. The average Bonchev–Trinajstić information content (AvgIpc) is 2.68. The molecule has 1 aliphatic rings. The van der Waals surface area contributed by atoms with Gasteiger partial charge < -0.3 is 9.80 Å². The molecule has 6 heteroatoms. The molecular formula is C20H22N6. The van der Waals surface area contributed by atoms with Gasteiger partial charge in [-0.05, 0) is 19.9 Å². The zero-order valence-corrected chi connectivity index (χ0v) is 15.1. The van der Waals surface area contributed by atoms with Crippen molar-refractivity contribution in [1.29, 1.82) is 0 Å². The van der Waals surface area contributed by atoms with Crippen molar-refractivity contribution in [2.45, 2.75) is 13.8 Å². The summed E-state index contributed by atoms with van der Waals surface area (Å²) >= 11 is 0. The molecule has 0 bridgehead atoms. The van der Waals surface area contributed by atoms with E-state index in [0.717, 1.165) is 60.6 Å². The van der Waals surface area contributed by atoms with Crippen LogP contribution in [-0.4, -0.2) is 46.1 Å². The molecule has 3 aromatic rings. The molecule has 1 aromatic carbocycles. The summed E-state index contributed by atoms with van der Waals surface area (Å²) in [6.45, 7) is 7.57. The maximum atomic E-state index is 4.58. The van der Waals surface area contributed by atoms with E-state index in [1.54, 1.807) is 6.33 Å². The molecule has 0 radical (unpaired) electrons. The molecule has 3 heterocycles. The maximum Gasteiger partial charge on any atom is 0.225 e. The third-order valence-electron chi connectivity index (χ3n) is 4.58. The van der Waals surface area contributed by atoms with Crippen molar-refractivity contribution in [3.05, 3.63) is 60.2 Å². The Balaban J connectivity index is 1.48. The monoisotopic (exact) mass is 346 g/mol. The zero-order valence-electron chi connectivity index (χ0n) is 15.1. The number of rotatable bonds is 3. The molecule has 1 aliphatic heterocycles. The Hall–Kier alpha value is -3.02. The van der Waals surface area contributed by atoms with E-state index in [-0.39, 0.29) is 0 Å². The van der Waals surface area contributed by atoms with Gasteiger partial charge in [-0.2, -0.15) is 0 Å². The van der Waals surface area contributed by atoms with Gasteiger partial charge in [0.25, 0.3) is 0 Å². The van der Waals surface area contributed by atoms with Gasteiger partial charge in [-0.15, -0.1) is 0 Å². The second-order valence-corrected chi connectivity index (χ2v) is 6.55. The topological polar surface area (TPSA) is 58.0 Å². The molecule has 0 saturated carbocycles. The van der Waals surface area contributed by atoms with E-state index in [9.17, 15) is 0 Å². The molecule has 0 spiro atoms. The number of piperazine rings is 1. The largest absolute Gasteiger partial charge is 0.353 e. The number of aromatic nitrogens is 4. The van der Waals surface area contributed by atoms with Gasteiger partial charge in [0.1, 0.15) is 12.1 Å². The Morgan fingerprint density at radius 2 is 1.42 bits per heavy atom. The Bertz CT molecular complexity index is 868. The van der Waals surface area contributed by atoms with Crippen molar-refractivity contribution in [2.24, 2.45) is 0 Å². The first-order valence-electron chi connectivity index (χ1n) is 8.89. The van der Waals surface area contributed by atoms with Crippen molar-refractivity contribution >= 4 is 11.8 Å². The minimum absolute atomic E-state index is 0.829. The first-order chi connectivity index (χ1) is 12.7. The Kier molecular flexibility index (Phi) is 4.48. The molecule has 0 atom stereocenters. The van der Waals surface area contributed by atoms with Gasteiger partial charge in [0.2, 0.25) is 5.95 Å². The fourth-order valence-corrected chi connectivity index (χ4v) is 3.27. The molecule has 26 heavy (non-hydrogen) atoms. The lowest BCUT2D eigenvalue weighted by atomic mass is 10.1. The predicted molar refractivity (Wildman–Crippen MR) is 103 cm³/mol. The summed E-state index contributed by atoms with van der Waals surface area (Å²) in [5, 5.41) is 0. The van der Waals surface area contributed by atoms with E-state index in [1.165, 1.54) is 0 Å². The van der Waals surface area contributed by atoms with E-state index >= 15 is 0 Å². The quantitative estimate of drug-likeness (QED) is 0.727. The lowest BCUT2D eigenvalue weighted by Crippen LogP contribution is -2.47. The van der Waals surface area contributed by atoms with E-state index in [0.29, 0.717) is 0 Å². The highest BCUT2D eigenvalue weighted by Crippen LogP contribution is 2.22. The first kappa shape index (κ1) is 16.4. The minimum Gasteiger partial charge on any atom is -0.353 e. The molecule has 4 rings (SSSR count). The average molecular weight is 346 g/mol. The third kappa shape index (κ3) is 3.49. The van der Waals surface area contributed by atoms with Gasteiger partial charge in [-0.25, -0.2) is 19.9 Å². The number of aryl methyl sites for hydroxylation is 2. The van der Waals surface area contributed by atoms with Crippen LogP contribution in [0.3, 0.4) is 0 Å². The molecule has 1 saturated heterocycles. The fraction of sp³-hybridized carbons (Fsp3) is 0.300. The summed E-state index contributed by atoms with van der Waals surface area (Å²) in [5.74, 6) is 1.80. The van der Waals surface area contributed by atoms with Crippen LogP contribution >= 0.6 is 0 Å². The highest BCUT2D eigenvalue weighted by atomic mass is 15.3. The highest BCUT2D eigenvalue weighted by Gasteiger charge is 2.20. The molecule has 2 aromatic heterocycles. The van der Waals surface area contributed by atoms with Crippen LogP contribution in [0.4, 0.5) is 11.8 Å². The summed E-state index contributed by atoms with van der Waals surface area (Å²) in [6.07, 6.45) is 1.65. The van der Waals surface area contributed by atoms with Crippen molar-refractivity contribution in [3.8, 4) is 11.3 Å². The lowest BCUT2D eigenvalue weighted by Gasteiger charge is -2.35. The summed E-state index contributed by atoms with van der Waals surface area (Å²) in [4.78, 5) is 22.6. The molecule has 0 N–H and O–H groups in total. The van der Waals surface area contributed by atoms with Crippen LogP contribution in [0.5, 0.6) is 0 Å². The summed E-state index contributed by atoms with van der Waals surface area (Å²) in [5.41, 5.74) is 4.09. The van der Waals surface area contributed by atoms with Gasteiger partial charge >= 0.3 is 0 Å². The second-order valence-electron chi connectivity index (χ2n) is 6.55. The molecule has 6 nitrogen and oxygen atoms in total. The maximum absolute atomic E-state index is 4.58. The van der Waals surface area contributed by atoms with Crippen LogP contribution in [0.1, 0.15) is 11.4 Å².